The van der Waals surface area contributed by atoms with E-state index in [2.05, 4.69) is 0 Å². The van der Waals surface area contributed by atoms with E-state index in [0.717, 1.165) is 23.3 Å². The maximum absolute atomic E-state index is 12.5. The Kier molecular flexibility index (Phi) is 6.69. The lowest BCUT2D eigenvalue weighted by Gasteiger charge is -2.20. The highest BCUT2D eigenvalue weighted by molar-refractivity contribution is 7.71. The predicted molar refractivity (Wildman–Crippen MR) is 94.0 cm³/mol. The van der Waals surface area contributed by atoms with Crippen LogP contribution in [0.5, 0.6) is 0 Å². The van der Waals surface area contributed by atoms with Crippen molar-refractivity contribution in [3.63, 3.8) is 0 Å². The number of unbranched alkanes of at least 4 members (excludes halogenated alkanes) is 1. The Labute approximate surface area is 146 Å². The molecule has 0 spiro atoms. The van der Waals surface area contributed by atoms with Gasteiger partial charge in [0.1, 0.15) is 4.64 Å². The van der Waals surface area contributed by atoms with Gasteiger partial charge in [0.2, 0.25) is 5.91 Å². The molecule has 0 radical (unpaired) electrons. The molecule has 126 valence electrons. The second-order valence-corrected chi connectivity index (χ2v) is 5.70. The van der Waals surface area contributed by atoms with Crippen LogP contribution in [0.1, 0.15) is 25.3 Å². The topological polar surface area (TPSA) is 51.5 Å². The molecule has 0 bridgehead atoms. The van der Waals surface area contributed by atoms with Gasteiger partial charge in [-0.3, -0.25) is 4.79 Å². The van der Waals surface area contributed by atoms with E-state index in [4.69, 9.17) is 17.1 Å². The lowest BCUT2D eigenvalue weighted by molar-refractivity contribution is -0.128. The summed E-state index contributed by atoms with van der Waals surface area (Å²) in [6.45, 7) is 2.32. The minimum atomic E-state index is -0.716. The number of rotatable bonds is 6. The van der Waals surface area contributed by atoms with Gasteiger partial charge in [-0.1, -0.05) is 62.0 Å². The van der Waals surface area contributed by atoms with Crippen LogP contribution in [0.3, 0.4) is 0 Å². The van der Waals surface area contributed by atoms with Crippen molar-refractivity contribution in [2.24, 2.45) is 0 Å². The summed E-state index contributed by atoms with van der Waals surface area (Å²) in [5.41, 5.74) is 0.855. The number of hydrogen-bond donors (Lipinski definition) is 0. The molecule has 1 aromatic carbocycles. The SMILES string of the molecule is CCCCN(C(=O)Cc1ccccc1)C(=O)On1ccccc1=S. The van der Waals surface area contributed by atoms with E-state index < -0.39 is 6.09 Å². The summed E-state index contributed by atoms with van der Waals surface area (Å²) in [6, 6.07) is 14.4. The molecule has 0 aliphatic carbocycles. The van der Waals surface area contributed by atoms with Gasteiger partial charge in [-0.2, -0.15) is 4.73 Å². The Balaban J connectivity index is 2.11. The van der Waals surface area contributed by atoms with E-state index >= 15 is 0 Å². The molecule has 2 rings (SSSR count). The van der Waals surface area contributed by atoms with Crippen molar-refractivity contribution in [2.75, 3.05) is 6.54 Å². The summed E-state index contributed by atoms with van der Waals surface area (Å²) in [5, 5.41) is 0. The van der Waals surface area contributed by atoms with Crippen molar-refractivity contribution in [1.29, 1.82) is 0 Å². The van der Waals surface area contributed by atoms with Crippen LogP contribution in [0, 0.1) is 4.64 Å². The van der Waals surface area contributed by atoms with Gasteiger partial charge >= 0.3 is 6.09 Å². The molecule has 0 fully saturated rings. The maximum atomic E-state index is 12.5. The zero-order valence-corrected chi connectivity index (χ0v) is 14.4. The van der Waals surface area contributed by atoms with Gasteiger partial charge in [-0.05, 0) is 24.1 Å². The molecule has 2 aromatic rings. The van der Waals surface area contributed by atoms with Gasteiger partial charge in [0.15, 0.2) is 0 Å². The molecule has 0 unspecified atom stereocenters. The number of pyridine rings is 1. The second kappa shape index (κ2) is 8.98. The number of benzene rings is 1. The van der Waals surface area contributed by atoms with Gasteiger partial charge in [0.25, 0.3) is 0 Å². The van der Waals surface area contributed by atoms with Crippen LogP contribution in [-0.2, 0) is 11.2 Å². The molecular weight excluding hydrogens is 324 g/mol. The Morgan fingerprint density at radius 3 is 2.50 bits per heavy atom. The summed E-state index contributed by atoms with van der Waals surface area (Å²) >= 11 is 5.10. The van der Waals surface area contributed by atoms with E-state index in [9.17, 15) is 9.59 Å². The lowest BCUT2D eigenvalue weighted by Crippen LogP contribution is -2.42. The lowest BCUT2D eigenvalue weighted by atomic mass is 10.1. The Hall–Kier alpha value is -2.47. The zero-order valence-electron chi connectivity index (χ0n) is 13.6. The van der Waals surface area contributed by atoms with Gasteiger partial charge < -0.3 is 4.84 Å². The fourth-order valence-electron chi connectivity index (χ4n) is 2.12. The van der Waals surface area contributed by atoms with E-state index in [1.807, 2.05) is 37.3 Å². The summed E-state index contributed by atoms with van der Waals surface area (Å²) in [6.07, 6.45) is 2.56. The molecule has 6 heteroatoms. The normalized spacial score (nSPS) is 10.2. The predicted octanol–water partition coefficient (Wildman–Crippen LogP) is 3.64. The highest BCUT2D eigenvalue weighted by Crippen LogP contribution is 2.06. The van der Waals surface area contributed by atoms with Crippen molar-refractivity contribution in [3.05, 3.63) is 64.9 Å². The van der Waals surface area contributed by atoms with E-state index in [1.54, 1.807) is 24.4 Å². The largest absolute Gasteiger partial charge is 0.441 e. The quantitative estimate of drug-likeness (QED) is 0.751. The summed E-state index contributed by atoms with van der Waals surface area (Å²) in [7, 11) is 0. The van der Waals surface area contributed by atoms with Crippen molar-refractivity contribution >= 4 is 24.2 Å². The van der Waals surface area contributed by atoms with E-state index in [1.165, 1.54) is 4.73 Å². The van der Waals surface area contributed by atoms with Crippen molar-refractivity contribution < 1.29 is 14.4 Å². The molecule has 1 aromatic heterocycles. The molecule has 2 amide bonds. The molecular formula is C18H20N2O3S. The number of nitrogens with zero attached hydrogens (tertiary/aromatic N) is 2. The number of carbonyl (C=O) groups is 2. The summed E-state index contributed by atoms with van der Waals surface area (Å²) in [4.78, 5) is 31.3. The first-order valence-corrected chi connectivity index (χ1v) is 8.27. The van der Waals surface area contributed by atoms with Crippen molar-refractivity contribution in [3.8, 4) is 0 Å². The third-order valence-corrected chi connectivity index (χ3v) is 3.74. The molecule has 24 heavy (non-hydrogen) atoms. The average molecular weight is 344 g/mol. The average Bonchev–Trinajstić information content (AvgIpc) is 2.58. The van der Waals surface area contributed by atoms with Crippen LogP contribution in [0.25, 0.3) is 0 Å². The summed E-state index contributed by atoms with van der Waals surface area (Å²) < 4.78 is 1.55. The third-order valence-electron chi connectivity index (χ3n) is 3.42. The minimum absolute atomic E-state index is 0.153. The molecule has 1 heterocycles. The monoisotopic (exact) mass is 344 g/mol. The number of aromatic nitrogens is 1. The van der Waals surface area contributed by atoms with Gasteiger partial charge in [-0.25, -0.2) is 9.69 Å². The van der Waals surface area contributed by atoms with Gasteiger partial charge in [0.05, 0.1) is 6.42 Å². The van der Waals surface area contributed by atoms with Crippen molar-refractivity contribution in [1.82, 2.24) is 9.63 Å². The van der Waals surface area contributed by atoms with Gasteiger partial charge in [0, 0.05) is 12.7 Å². The van der Waals surface area contributed by atoms with Crippen LogP contribution in [0.2, 0.25) is 0 Å². The van der Waals surface area contributed by atoms with Crippen molar-refractivity contribution in [2.45, 2.75) is 26.2 Å². The highest BCUT2D eigenvalue weighted by atomic mass is 32.1. The molecule has 0 aliphatic heterocycles. The molecule has 0 saturated heterocycles. The molecule has 5 nitrogen and oxygen atoms in total. The first kappa shape index (κ1) is 17.9. The van der Waals surface area contributed by atoms with E-state index in [0.29, 0.717) is 11.2 Å². The molecule has 0 saturated carbocycles. The smallest absolute Gasteiger partial charge is 0.316 e. The van der Waals surface area contributed by atoms with Crippen LogP contribution >= 0.6 is 12.2 Å². The Bertz CT molecular complexity index is 743. The molecule has 0 aliphatic rings. The van der Waals surface area contributed by atoms with Crippen LogP contribution in [0.15, 0.2) is 54.7 Å². The Morgan fingerprint density at radius 1 is 1.12 bits per heavy atom. The van der Waals surface area contributed by atoms with E-state index in [-0.39, 0.29) is 12.3 Å². The number of amides is 2. The maximum Gasteiger partial charge on any atom is 0.441 e. The number of imide groups is 1. The van der Waals surface area contributed by atoms with Crippen LogP contribution in [0.4, 0.5) is 4.79 Å². The second-order valence-electron chi connectivity index (χ2n) is 5.28. The zero-order chi connectivity index (χ0) is 17.4. The Morgan fingerprint density at radius 2 is 1.83 bits per heavy atom. The minimum Gasteiger partial charge on any atom is -0.316 e. The van der Waals surface area contributed by atoms with Gasteiger partial charge in [-0.15, -0.1) is 0 Å². The molecule has 0 atom stereocenters. The molecule has 0 N–H and O–H groups in total. The fraction of sp³-hybridized carbons (Fsp3) is 0.278. The highest BCUT2D eigenvalue weighted by Gasteiger charge is 2.23. The number of hydrogen-bond acceptors (Lipinski definition) is 4. The number of carbonyl (C=O) groups excluding carboxylic acids is 2. The third kappa shape index (κ3) is 5.03. The van der Waals surface area contributed by atoms with Crippen LogP contribution < -0.4 is 4.84 Å². The standard InChI is InChI=1S/C18H20N2O3S/c1-2-3-12-19(16(21)14-15-9-5-4-6-10-15)18(22)23-20-13-8-7-11-17(20)24/h4-11,13H,2-3,12,14H2,1H3. The fourth-order valence-corrected chi connectivity index (χ4v) is 2.30. The first-order chi connectivity index (χ1) is 11.6. The first-order valence-electron chi connectivity index (χ1n) is 7.86. The van der Waals surface area contributed by atoms with Crippen LogP contribution in [-0.4, -0.2) is 28.2 Å². The summed E-state index contributed by atoms with van der Waals surface area (Å²) in [5.74, 6) is -0.290.